The van der Waals surface area contributed by atoms with Crippen molar-refractivity contribution in [3.05, 3.63) is 65.0 Å². The summed E-state index contributed by atoms with van der Waals surface area (Å²) in [6.07, 6.45) is 1.70. The van der Waals surface area contributed by atoms with E-state index in [2.05, 4.69) is 20.9 Å². The van der Waals surface area contributed by atoms with Crippen molar-refractivity contribution in [3.8, 4) is 6.07 Å². The van der Waals surface area contributed by atoms with Gasteiger partial charge in [-0.1, -0.05) is 18.2 Å². The number of piperazine rings is 1. The average Bonchev–Trinajstić information content (AvgIpc) is 2.73. The smallest absolute Gasteiger partial charge is 0.254 e. The minimum absolute atomic E-state index is 0.0299. The molecule has 4 rings (SSSR count). The van der Waals surface area contributed by atoms with Gasteiger partial charge in [0.05, 0.1) is 16.6 Å². The Morgan fingerprint density at radius 2 is 1.89 bits per heavy atom. The monoisotopic (exact) mass is 371 g/mol. The van der Waals surface area contributed by atoms with Crippen LogP contribution < -0.4 is 4.90 Å². The quantitative estimate of drug-likeness (QED) is 0.692. The van der Waals surface area contributed by atoms with Crippen LogP contribution in [0.4, 0.5) is 5.82 Å². The first-order valence-electron chi connectivity index (χ1n) is 9.35. The molecule has 0 atom stereocenters. The summed E-state index contributed by atoms with van der Waals surface area (Å²) in [6, 6.07) is 13.6. The lowest BCUT2D eigenvalue weighted by atomic mass is 10.0. The second kappa shape index (κ2) is 7.28. The Bertz CT molecular complexity index is 1090. The van der Waals surface area contributed by atoms with E-state index in [-0.39, 0.29) is 5.91 Å². The highest BCUT2D eigenvalue weighted by Gasteiger charge is 2.25. The molecular formula is C22H21N5O. The van der Waals surface area contributed by atoms with E-state index in [1.807, 2.05) is 43.0 Å². The predicted molar refractivity (Wildman–Crippen MR) is 108 cm³/mol. The Morgan fingerprint density at radius 3 is 2.64 bits per heavy atom. The van der Waals surface area contributed by atoms with Crippen LogP contribution in [0.1, 0.15) is 27.2 Å². The zero-order chi connectivity index (χ0) is 19.7. The lowest BCUT2D eigenvalue weighted by Crippen LogP contribution is -2.49. The lowest BCUT2D eigenvalue weighted by molar-refractivity contribution is 0.0748. The van der Waals surface area contributed by atoms with Gasteiger partial charge in [0.25, 0.3) is 5.91 Å². The van der Waals surface area contributed by atoms with Gasteiger partial charge < -0.3 is 9.80 Å². The number of benzene rings is 1. The zero-order valence-electron chi connectivity index (χ0n) is 16.0. The number of aryl methyl sites for hydroxylation is 2. The molecule has 1 aromatic carbocycles. The number of hydrogen-bond acceptors (Lipinski definition) is 5. The van der Waals surface area contributed by atoms with Crippen LogP contribution in [0.3, 0.4) is 0 Å². The molecule has 6 heteroatoms. The van der Waals surface area contributed by atoms with Gasteiger partial charge in [0, 0.05) is 43.5 Å². The van der Waals surface area contributed by atoms with Crippen molar-refractivity contribution in [3.63, 3.8) is 0 Å². The van der Waals surface area contributed by atoms with Gasteiger partial charge in [-0.2, -0.15) is 5.26 Å². The fourth-order valence-electron chi connectivity index (χ4n) is 3.72. The topological polar surface area (TPSA) is 73.1 Å². The predicted octanol–water partition coefficient (Wildman–Crippen LogP) is 3.08. The number of hydrogen-bond donors (Lipinski definition) is 0. The summed E-state index contributed by atoms with van der Waals surface area (Å²) in [5, 5.41) is 10.2. The molecule has 1 saturated heterocycles. The van der Waals surface area contributed by atoms with E-state index < -0.39 is 0 Å². The number of amides is 1. The number of nitriles is 1. The lowest BCUT2D eigenvalue weighted by Gasteiger charge is -2.36. The molecule has 0 radical (unpaired) electrons. The van der Waals surface area contributed by atoms with Gasteiger partial charge in [-0.25, -0.2) is 4.98 Å². The molecule has 1 aliphatic rings. The van der Waals surface area contributed by atoms with Gasteiger partial charge in [-0.3, -0.25) is 9.78 Å². The number of rotatable bonds is 2. The molecule has 0 N–H and O–H groups in total. The number of fused-ring (bicyclic) bond motifs is 1. The van der Waals surface area contributed by atoms with Crippen LogP contribution in [0.25, 0.3) is 10.9 Å². The highest BCUT2D eigenvalue weighted by molar-refractivity contribution is 6.06. The van der Waals surface area contributed by atoms with Crippen LogP contribution in [0.2, 0.25) is 0 Å². The van der Waals surface area contributed by atoms with Crippen molar-refractivity contribution in [2.24, 2.45) is 0 Å². The average molecular weight is 371 g/mol. The second-order valence-corrected chi connectivity index (χ2v) is 7.05. The summed E-state index contributed by atoms with van der Waals surface area (Å²) in [5.74, 6) is 0.722. The summed E-state index contributed by atoms with van der Waals surface area (Å²) in [4.78, 5) is 26.2. The number of anilines is 1. The Labute approximate surface area is 164 Å². The first-order chi connectivity index (χ1) is 13.6. The summed E-state index contributed by atoms with van der Waals surface area (Å²) >= 11 is 0. The minimum atomic E-state index is 0.0299. The minimum Gasteiger partial charge on any atom is -0.352 e. The molecule has 0 bridgehead atoms. The maximum atomic E-state index is 13.3. The van der Waals surface area contributed by atoms with Gasteiger partial charge in [-0.05, 0) is 37.6 Å². The van der Waals surface area contributed by atoms with Crippen LogP contribution in [0.15, 0.2) is 42.6 Å². The van der Waals surface area contributed by atoms with Crippen molar-refractivity contribution in [2.45, 2.75) is 13.8 Å². The van der Waals surface area contributed by atoms with Crippen molar-refractivity contribution in [1.82, 2.24) is 14.9 Å². The van der Waals surface area contributed by atoms with E-state index >= 15 is 0 Å². The summed E-state index contributed by atoms with van der Waals surface area (Å²) in [6.45, 7) is 6.42. The first kappa shape index (κ1) is 17.9. The molecule has 3 aromatic rings. The Balaban J connectivity index is 1.58. The number of nitrogens with zero attached hydrogens (tertiary/aromatic N) is 5. The molecule has 140 valence electrons. The zero-order valence-corrected chi connectivity index (χ0v) is 16.0. The van der Waals surface area contributed by atoms with Gasteiger partial charge >= 0.3 is 0 Å². The van der Waals surface area contributed by atoms with Crippen LogP contribution in [0, 0.1) is 25.2 Å². The highest BCUT2D eigenvalue weighted by atomic mass is 16.2. The molecule has 1 aliphatic heterocycles. The molecule has 0 unspecified atom stereocenters. The van der Waals surface area contributed by atoms with Gasteiger partial charge in [0.1, 0.15) is 11.9 Å². The number of para-hydroxylation sites is 1. The summed E-state index contributed by atoms with van der Waals surface area (Å²) in [7, 11) is 0. The standard InChI is InChI=1S/C22H21N5O/c1-15-5-3-7-18-19(13-16(2)25-20(15)18)22(28)27-11-9-26(10-12-27)21-17(14-23)6-4-8-24-21/h3-8,13H,9-12H2,1-2H3. The molecule has 1 fully saturated rings. The Kier molecular flexibility index (Phi) is 4.66. The number of pyridine rings is 2. The molecule has 6 nitrogen and oxygen atoms in total. The largest absolute Gasteiger partial charge is 0.352 e. The third kappa shape index (κ3) is 3.16. The first-order valence-corrected chi connectivity index (χ1v) is 9.35. The molecule has 2 aromatic heterocycles. The molecular weight excluding hydrogens is 350 g/mol. The van der Waals surface area contributed by atoms with E-state index in [4.69, 9.17) is 0 Å². The third-order valence-corrected chi connectivity index (χ3v) is 5.17. The maximum Gasteiger partial charge on any atom is 0.254 e. The molecule has 3 heterocycles. The number of aromatic nitrogens is 2. The van der Waals surface area contributed by atoms with Gasteiger partial charge in [0.2, 0.25) is 0 Å². The van der Waals surface area contributed by atoms with Gasteiger partial charge in [0.15, 0.2) is 0 Å². The maximum absolute atomic E-state index is 13.3. The fourth-order valence-corrected chi connectivity index (χ4v) is 3.72. The van der Waals surface area contributed by atoms with E-state index in [1.165, 1.54) is 0 Å². The van der Waals surface area contributed by atoms with Crippen molar-refractivity contribution >= 4 is 22.6 Å². The normalized spacial score (nSPS) is 14.2. The van der Waals surface area contributed by atoms with Crippen LogP contribution in [-0.4, -0.2) is 47.0 Å². The highest BCUT2D eigenvalue weighted by Crippen LogP contribution is 2.24. The molecule has 1 amide bonds. The molecule has 0 spiro atoms. The summed E-state index contributed by atoms with van der Waals surface area (Å²) < 4.78 is 0. The van der Waals surface area contributed by atoms with E-state index in [1.54, 1.807) is 18.3 Å². The van der Waals surface area contributed by atoms with E-state index in [0.29, 0.717) is 43.1 Å². The third-order valence-electron chi connectivity index (χ3n) is 5.17. The van der Waals surface area contributed by atoms with Crippen LogP contribution in [-0.2, 0) is 0 Å². The SMILES string of the molecule is Cc1cc(C(=O)N2CCN(c3ncccc3C#N)CC2)c2cccc(C)c2n1. The second-order valence-electron chi connectivity index (χ2n) is 7.05. The van der Waals surface area contributed by atoms with Crippen molar-refractivity contribution in [1.29, 1.82) is 5.26 Å². The van der Waals surface area contributed by atoms with Gasteiger partial charge in [-0.15, -0.1) is 0 Å². The molecule has 0 aliphatic carbocycles. The Morgan fingerprint density at radius 1 is 1.11 bits per heavy atom. The van der Waals surface area contributed by atoms with Crippen LogP contribution >= 0.6 is 0 Å². The van der Waals surface area contributed by atoms with Crippen molar-refractivity contribution < 1.29 is 4.79 Å². The Hall–Kier alpha value is -3.46. The molecule has 28 heavy (non-hydrogen) atoms. The fraction of sp³-hybridized carbons (Fsp3) is 0.273. The van der Waals surface area contributed by atoms with Crippen molar-refractivity contribution in [2.75, 3.05) is 31.1 Å². The van der Waals surface area contributed by atoms with E-state index in [9.17, 15) is 10.1 Å². The molecule has 0 saturated carbocycles. The van der Waals surface area contributed by atoms with Crippen LogP contribution in [0.5, 0.6) is 0 Å². The number of carbonyl (C=O) groups excluding carboxylic acids is 1. The van der Waals surface area contributed by atoms with E-state index in [0.717, 1.165) is 22.2 Å². The number of carbonyl (C=O) groups is 1. The summed E-state index contributed by atoms with van der Waals surface area (Å²) in [5.41, 5.74) is 4.07.